The smallest absolute Gasteiger partial charge is 0.132 e. The number of nitrogens with zero attached hydrogens (tertiary/aromatic N) is 2. The molecule has 1 aliphatic carbocycles. The van der Waals surface area contributed by atoms with Crippen LogP contribution in [0.3, 0.4) is 0 Å². The van der Waals surface area contributed by atoms with E-state index in [4.69, 9.17) is 5.73 Å². The largest absolute Gasteiger partial charge is 0.324 e. The summed E-state index contributed by atoms with van der Waals surface area (Å²) >= 11 is 0. The van der Waals surface area contributed by atoms with E-state index in [0.717, 1.165) is 43.0 Å². The van der Waals surface area contributed by atoms with Crippen molar-refractivity contribution in [3.63, 3.8) is 0 Å². The lowest BCUT2D eigenvalue weighted by atomic mass is 10.1. The van der Waals surface area contributed by atoms with Gasteiger partial charge in [-0.25, -0.2) is 18.7 Å². The number of aromatic nitrogens is 2. The van der Waals surface area contributed by atoms with Gasteiger partial charge in [-0.2, -0.15) is 0 Å². The molecule has 0 spiro atoms. The maximum Gasteiger partial charge on any atom is 0.132 e. The Balaban J connectivity index is 1.88. The van der Waals surface area contributed by atoms with E-state index in [0.29, 0.717) is 17.8 Å². The van der Waals surface area contributed by atoms with Crippen molar-refractivity contribution < 1.29 is 8.78 Å². The lowest BCUT2D eigenvalue weighted by Gasteiger charge is -2.12. The molecule has 3 nitrogen and oxygen atoms in total. The number of halogens is 2. The maximum absolute atomic E-state index is 13.2. The van der Waals surface area contributed by atoms with Crippen molar-refractivity contribution in [2.24, 2.45) is 5.73 Å². The monoisotopic (exact) mass is 289 g/mol. The molecule has 3 rings (SSSR count). The molecule has 0 aliphatic heterocycles. The summed E-state index contributed by atoms with van der Waals surface area (Å²) < 4.78 is 26.4. The number of fused-ring (bicyclic) bond motifs is 1. The fourth-order valence-corrected chi connectivity index (χ4v) is 2.77. The summed E-state index contributed by atoms with van der Waals surface area (Å²) in [4.78, 5) is 8.85. The first-order valence-corrected chi connectivity index (χ1v) is 7.17. The molecule has 5 heteroatoms. The Kier molecular flexibility index (Phi) is 3.92. The van der Waals surface area contributed by atoms with E-state index in [1.807, 2.05) is 0 Å². The molecular formula is C16H17F2N3. The van der Waals surface area contributed by atoms with Gasteiger partial charge in [0.05, 0.1) is 0 Å². The van der Waals surface area contributed by atoms with E-state index in [9.17, 15) is 8.78 Å². The lowest BCUT2D eigenvalue weighted by molar-refractivity contribution is 0.580. The Morgan fingerprint density at radius 2 is 1.90 bits per heavy atom. The van der Waals surface area contributed by atoms with Crippen molar-refractivity contribution in [1.82, 2.24) is 9.97 Å². The maximum atomic E-state index is 13.2. The van der Waals surface area contributed by atoms with Gasteiger partial charge in [-0.05, 0) is 37.0 Å². The fraction of sp³-hybridized carbons (Fsp3) is 0.375. The second-order valence-electron chi connectivity index (χ2n) is 5.50. The van der Waals surface area contributed by atoms with E-state index in [1.54, 1.807) is 6.20 Å². The standard InChI is InChI=1S/C16H17F2N3/c17-11-5-10(6-12(18)8-11)7-16-20-9-13-14(19)3-1-2-4-15(13)21-16/h5-6,8-9,14H,1-4,7,19H2. The molecule has 110 valence electrons. The van der Waals surface area contributed by atoms with Crippen LogP contribution >= 0.6 is 0 Å². The summed E-state index contributed by atoms with van der Waals surface area (Å²) in [7, 11) is 0. The summed E-state index contributed by atoms with van der Waals surface area (Å²) in [6.07, 6.45) is 6.06. The van der Waals surface area contributed by atoms with E-state index in [-0.39, 0.29) is 6.04 Å². The highest BCUT2D eigenvalue weighted by molar-refractivity contribution is 5.26. The predicted octanol–water partition coefficient (Wildman–Crippen LogP) is 3.07. The highest BCUT2D eigenvalue weighted by Gasteiger charge is 2.17. The minimum atomic E-state index is -0.582. The molecule has 1 atom stereocenters. The van der Waals surface area contributed by atoms with Crippen LogP contribution < -0.4 is 5.73 Å². The molecule has 1 heterocycles. The molecule has 1 aromatic carbocycles. The lowest BCUT2D eigenvalue weighted by Crippen LogP contribution is -2.13. The SMILES string of the molecule is NC1CCCCc2nc(Cc3cc(F)cc(F)c3)ncc21. The van der Waals surface area contributed by atoms with E-state index >= 15 is 0 Å². The average molecular weight is 289 g/mol. The van der Waals surface area contributed by atoms with Crippen LogP contribution in [0.4, 0.5) is 8.78 Å². The van der Waals surface area contributed by atoms with Crippen LogP contribution in [0, 0.1) is 11.6 Å². The summed E-state index contributed by atoms with van der Waals surface area (Å²) in [6.45, 7) is 0. The highest BCUT2D eigenvalue weighted by Crippen LogP contribution is 2.25. The van der Waals surface area contributed by atoms with Crippen LogP contribution in [0.5, 0.6) is 0 Å². The molecule has 1 aliphatic rings. The van der Waals surface area contributed by atoms with Crippen LogP contribution in [0.2, 0.25) is 0 Å². The molecule has 2 aromatic rings. The third-order valence-electron chi connectivity index (χ3n) is 3.81. The first-order valence-electron chi connectivity index (χ1n) is 7.17. The van der Waals surface area contributed by atoms with Gasteiger partial charge in [0.25, 0.3) is 0 Å². The number of rotatable bonds is 2. The van der Waals surface area contributed by atoms with Crippen molar-refractivity contribution in [3.8, 4) is 0 Å². The molecule has 1 unspecified atom stereocenters. The number of benzene rings is 1. The third kappa shape index (κ3) is 3.24. The zero-order valence-corrected chi connectivity index (χ0v) is 11.6. The normalized spacial score (nSPS) is 18.1. The van der Waals surface area contributed by atoms with Crippen molar-refractivity contribution >= 4 is 0 Å². The van der Waals surface area contributed by atoms with Gasteiger partial charge in [0.15, 0.2) is 0 Å². The Bertz CT molecular complexity index is 638. The van der Waals surface area contributed by atoms with Gasteiger partial charge < -0.3 is 5.73 Å². The molecule has 21 heavy (non-hydrogen) atoms. The average Bonchev–Trinajstić information content (AvgIpc) is 2.59. The van der Waals surface area contributed by atoms with E-state index < -0.39 is 11.6 Å². The zero-order chi connectivity index (χ0) is 14.8. The van der Waals surface area contributed by atoms with Crippen LogP contribution in [0.15, 0.2) is 24.4 Å². The molecule has 0 saturated carbocycles. The molecule has 0 amide bonds. The number of hydrogen-bond acceptors (Lipinski definition) is 3. The van der Waals surface area contributed by atoms with Crippen LogP contribution in [-0.2, 0) is 12.8 Å². The fourth-order valence-electron chi connectivity index (χ4n) is 2.77. The second-order valence-corrected chi connectivity index (χ2v) is 5.50. The second kappa shape index (κ2) is 5.85. The quantitative estimate of drug-likeness (QED) is 0.864. The Morgan fingerprint density at radius 1 is 1.14 bits per heavy atom. The molecule has 0 bridgehead atoms. The highest BCUT2D eigenvalue weighted by atomic mass is 19.1. The molecule has 0 fully saturated rings. The molecular weight excluding hydrogens is 272 g/mol. The molecule has 0 radical (unpaired) electrons. The Hall–Kier alpha value is -1.88. The van der Waals surface area contributed by atoms with E-state index in [1.165, 1.54) is 12.1 Å². The summed E-state index contributed by atoms with van der Waals surface area (Å²) in [5.74, 6) is -0.587. The van der Waals surface area contributed by atoms with Gasteiger partial charge in [-0.3, -0.25) is 0 Å². The van der Waals surface area contributed by atoms with Crippen molar-refractivity contribution in [2.45, 2.75) is 38.1 Å². The van der Waals surface area contributed by atoms with Crippen LogP contribution in [0.25, 0.3) is 0 Å². The van der Waals surface area contributed by atoms with Crippen LogP contribution in [-0.4, -0.2) is 9.97 Å². The topological polar surface area (TPSA) is 51.8 Å². The van der Waals surface area contributed by atoms with Gasteiger partial charge in [0, 0.05) is 36.0 Å². The minimum Gasteiger partial charge on any atom is -0.324 e. The van der Waals surface area contributed by atoms with Gasteiger partial charge in [0.2, 0.25) is 0 Å². The predicted molar refractivity (Wildman–Crippen MR) is 75.7 cm³/mol. The zero-order valence-electron chi connectivity index (χ0n) is 11.6. The molecule has 2 N–H and O–H groups in total. The summed E-state index contributed by atoms with van der Waals surface area (Å²) in [6, 6.07) is 3.47. The van der Waals surface area contributed by atoms with Gasteiger partial charge in [-0.15, -0.1) is 0 Å². The summed E-state index contributed by atoms with van der Waals surface area (Å²) in [5, 5.41) is 0. The Labute approximate surface area is 122 Å². The van der Waals surface area contributed by atoms with Crippen molar-refractivity contribution in [1.29, 1.82) is 0 Å². The van der Waals surface area contributed by atoms with Crippen molar-refractivity contribution in [3.05, 3.63) is 58.7 Å². The van der Waals surface area contributed by atoms with E-state index in [2.05, 4.69) is 9.97 Å². The van der Waals surface area contributed by atoms with Crippen LogP contribution in [0.1, 0.15) is 47.9 Å². The first-order chi connectivity index (χ1) is 10.1. The van der Waals surface area contributed by atoms with Gasteiger partial charge in [0.1, 0.15) is 17.5 Å². The van der Waals surface area contributed by atoms with Gasteiger partial charge >= 0.3 is 0 Å². The molecule has 1 aromatic heterocycles. The first kappa shape index (κ1) is 14.1. The van der Waals surface area contributed by atoms with Crippen molar-refractivity contribution in [2.75, 3.05) is 0 Å². The number of hydrogen-bond donors (Lipinski definition) is 1. The van der Waals surface area contributed by atoms with Gasteiger partial charge in [-0.1, -0.05) is 6.42 Å². The minimum absolute atomic E-state index is 0.0110. The third-order valence-corrected chi connectivity index (χ3v) is 3.81. The Morgan fingerprint density at radius 3 is 2.67 bits per heavy atom. The summed E-state index contributed by atoms with van der Waals surface area (Å²) in [5.41, 5.74) is 8.62. The molecule has 0 saturated heterocycles. The number of aryl methyl sites for hydroxylation is 1. The number of nitrogens with two attached hydrogens (primary N) is 1.